The normalized spacial score (nSPS) is 11.3. The van der Waals surface area contributed by atoms with E-state index in [0.717, 1.165) is 0 Å². The smallest absolute Gasteiger partial charge is 0.285 e. The van der Waals surface area contributed by atoms with Crippen LogP contribution in [0.15, 0.2) is 64.1 Å². The summed E-state index contributed by atoms with van der Waals surface area (Å²) < 4.78 is 28.9. The van der Waals surface area contributed by atoms with E-state index in [1.54, 1.807) is 54.1 Å². The van der Waals surface area contributed by atoms with Crippen LogP contribution >= 0.6 is 27.5 Å². The van der Waals surface area contributed by atoms with E-state index in [4.69, 9.17) is 11.6 Å². The average Bonchev–Trinajstić information content (AvgIpc) is 2.97. The number of nitrogens with zero attached hydrogens (tertiary/aromatic N) is 2. The van der Waals surface area contributed by atoms with Crippen molar-refractivity contribution in [1.29, 1.82) is 0 Å². The quantitative estimate of drug-likeness (QED) is 0.653. The molecule has 26 heavy (non-hydrogen) atoms. The molecule has 0 aliphatic heterocycles. The molecule has 0 unspecified atom stereocenters. The molecule has 0 radical (unpaired) electrons. The maximum Gasteiger partial charge on any atom is 0.285 e. The van der Waals surface area contributed by atoms with Gasteiger partial charge in [0.15, 0.2) is 0 Å². The first-order valence-electron chi connectivity index (χ1n) is 7.39. The zero-order valence-electron chi connectivity index (χ0n) is 13.5. The van der Waals surface area contributed by atoms with E-state index in [9.17, 15) is 13.2 Å². The Balaban J connectivity index is 1.91. The predicted octanol–water partition coefficient (Wildman–Crippen LogP) is 3.62. The van der Waals surface area contributed by atoms with Crippen molar-refractivity contribution in [2.75, 3.05) is 0 Å². The van der Waals surface area contributed by atoms with E-state index in [-0.39, 0.29) is 10.6 Å². The highest BCUT2D eigenvalue weighted by Gasteiger charge is 2.23. The van der Waals surface area contributed by atoms with Crippen LogP contribution in [-0.2, 0) is 17.1 Å². The van der Waals surface area contributed by atoms with E-state index in [1.807, 2.05) is 4.72 Å². The van der Waals surface area contributed by atoms with Crippen molar-refractivity contribution in [1.82, 2.24) is 14.3 Å². The summed E-state index contributed by atoms with van der Waals surface area (Å²) in [6.07, 6.45) is 1.45. The number of sulfonamides is 1. The molecule has 1 aromatic heterocycles. The molecule has 0 fully saturated rings. The summed E-state index contributed by atoms with van der Waals surface area (Å²) in [6, 6.07) is 13.3. The lowest BCUT2D eigenvalue weighted by molar-refractivity contribution is 0.0977. The van der Waals surface area contributed by atoms with Crippen molar-refractivity contribution >= 4 is 43.5 Å². The van der Waals surface area contributed by atoms with Crippen LogP contribution < -0.4 is 4.72 Å². The van der Waals surface area contributed by atoms with Gasteiger partial charge in [-0.2, -0.15) is 0 Å². The van der Waals surface area contributed by atoms with Crippen molar-refractivity contribution in [2.24, 2.45) is 7.05 Å². The number of hydrogen-bond acceptors (Lipinski definition) is 4. The molecule has 1 amide bonds. The van der Waals surface area contributed by atoms with Gasteiger partial charge in [0.2, 0.25) is 0 Å². The molecule has 0 saturated carbocycles. The summed E-state index contributed by atoms with van der Waals surface area (Å²) in [5, 5.41) is 0.481. The van der Waals surface area contributed by atoms with Gasteiger partial charge in [0.05, 0.1) is 5.02 Å². The van der Waals surface area contributed by atoms with Crippen LogP contribution in [0.25, 0.3) is 11.4 Å². The molecule has 0 aliphatic carbocycles. The summed E-state index contributed by atoms with van der Waals surface area (Å²) in [6.45, 7) is 0. The number of hydrogen-bond donors (Lipinski definition) is 1. The van der Waals surface area contributed by atoms with Gasteiger partial charge >= 0.3 is 0 Å². The van der Waals surface area contributed by atoms with Crippen LogP contribution in [0.3, 0.4) is 0 Å². The molecular formula is C17H13BrClN3O3S. The molecule has 3 aromatic rings. The molecule has 0 bridgehead atoms. The number of nitrogens with one attached hydrogen (secondary N) is 1. The van der Waals surface area contributed by atoms with Crippen LogP contribution in [0.1, 0.15) is 10.5 Å². The van der Waals surface area contributed by atoms with E-state index >= 15 is 0 Å². The minimum absolute atomic E-state index is 0.0296. The summed E-state index contributed by atoms with van der Waals surface area (Å²) in [4.78, 5) is 16.6. The molecule has 1 heterocycles. The third kappa shape index (κ3) is 3.67. The zero-order valence-corrected chi connectivity index (χ0v) is 16.6. The van der Waals surface area contributed by atoms with Gasteiger partial charge in [0, 0.05) is 23.3 Å². The van der Waals surface area contributed by atoms with E-state index in [1.165, 1.54) is 12.3 Å². The molecule has 0 spiro atoms. The van der Waals surface area contributed by atoms with Crippen LogP contribution in [0, 0.1) is 0 Å². The Morgan fingerprint density at radius 1 is 1.15 bits per heavy atom. The van der Waals surface area contributed by atoms with Gasteiger partial charge in [-0.1, -0.05) is 35.9 Å². The highest BCUT2D eigenvalue weighted by molar-refractivity contribution is 9.10. The Hall–Kier alpha value is -2.16. The van der Waals surface area contributed by atoms with Crippen molar-refractivity contribution in [3.05, 3.63) is 69.9 Å². The van der Waals surface area contributed by atoms with E-state index in [0.29, 0.717) is 20.9 Å². The molecular weight excluding hydrogens is 442 g/mol. The fraction of sp³-hybridized carbons (Fsp3) is 0.0588. The lowest BCUT2D eigenvalue weighted by Gasteiger charge is -2.07. The molecule has 0 atom stereocenters. The Morgan fingerprint density at radius 2 is 1.81 bits per heavy atom. The maximum absolute atomic E-state index is 12.4. The number of aryl methyl sites for hydroxylation is 1. The molecule has 6 nitrogen and oxygen atoms in total. The number of rotatable bonds is 4. The van der Waals surface area contributed by atoms with Crippen LogP contribution in [0.5, 0.6) is 0 Å². The third-order valence-corrected chi connectivity index (χ3v) is 6.25. The molecule has 0 aliphatic rings. The Labute approximate surface area is 164 Å². The number of aromatic nitrogens is 2. The monoisotopic (exact) mass is 453 g/mol. The third-order valence-electron chi connectivity index (χ3n) is 3.58. The van der Waals surface area contributed by atoms with E-state index in [2.05, 4.69) is 20.9 Å². The topological polar surface area (TPSA) is 81.1 Å². The van der Waals surface area contributed by atoms with Crippen molar-refractivity contribution in [3.8, 4) is 11.4 Å². The van der Waals surface area contributed by atoms with Crippen LogP contribution in [0.4, 0.5) is 0 Å². The predicted molar refractivity (Wildman–Crippen MR) is 102 cm³/mol. The van der Waals surface area contributed by atoms with Gasteiger partial charge in [0.25, 0.3) is 15.9 Å². The number of carbonyl (C=O) groups excluding carboxylic acids is 1. The fourth-order valence-electron chi connectivity index (χ4n) is 2.36. The molecule has 2 aromatic carbocycles. The molecule has 3 rings (SSSR count). The van der Waals surface area contributed by atoms with Gasteiger partial charge in [-0.05, 0) is 40.2 Å². The van der Waals surface area contributed by atoms with E-state index < -0.39 is 15.9 Å². The van der Waals surface area contributed by atoms with Gasteiger partial charge in [0.1, 0.15) is 16.4 Å². The minimum atomic E-state index is -4.04. The first-order valence-corrected chi connectivity index (χ1v) is 10.0. The largest absolute Gasteiger partial charge is 0.333 e. The summed E-state index contributed by atoms with van der Waals surface area (Å²) in [5.74, 6) is -0.367. The molecule has 1 N–H and O–H groups in total. The number of halogens is 2. The second-order valence-corrected chi connectivity index (χ2v) is 8.32. The second kappa shape index (κ2) is 7.22. The van der Waals surface area contributed by atoms with Gasteiger partial charge in [-0.25, -0.2) is 18.1 Å². The van der Waals surface area contributed by atoms with Crippen molar-refractivity contribution < 1.29 is 13.2 Å². The fourth-order valence-corrected chi connectivity index (χ4v) is 4.55. The zero-order chi connectivity index (χ0) is 18.9. The average molecular weight is 455 g/mol. The summed E-state index contributed by atoms with van der Waals surface area (Å²) in [5.41, 5.74) is 0.613. The van der Waals surface area contributed by atoms with Gasteiger partial charge < -0.3 is 4.57 Å². The first kappa shape index (κ1) is 18.6. The Bertz CT molecular complexity index is 1100. The minimum Gasteiger partial charge on any atom is -0.333 e. The number of amides is 1. The molecule has 9 heteroatoms. The maximum atomic E-state index is 12.4. The number of carbonyl (C=O) groups is 1. The highest BCUT2D eigenvalue weighted by atomic mass is 79.9. The number of benzene rings is 2. The Morgan fingerprint density at radius 3 is 2.50 bits per heavy atom. The summed E-state index contributed by atoms with van der Waals surface area (Å²) in [7, 11) is -2.34. The lowest BCUT2D eigenvalue weighted by Crippen LogP contribution is -2.31. The Kier molecular flexibility index (Phi) is 5.17. The second-order valence-electron chi connectivity index (χ2n) is 5.41. The van der Waals surface area contributed by atoms with Crippen LogP contribution in [-0.4, -0.2) is 23.9 Å². The van der Waals surface area contributed by atoms with Crippen molar-refractivity contribution in [2.45, 2.75) is 4.90 Å². The number of imidazole rings is 1. The lowest BCUT2D eigenvalue weighted by atomic mass is 10.2. The molecule has 0 saturated heterocycles. The SMILES string of the molecule is Cn1cc(C(=O)NS(=O)(=O)c2ccccc2Br)nc1-c1ccccc1Cl. The highest BCUT2D eigenvalue weighted by Crippen LogP contribution is 2.26. The van der Waals surface area contributed by atoms with Gasteiger partial charge in [-0.15, -0.1) is 0 Å². The standard InChI is InChI=1S/C17H13BrClN3O3S/c1-22-10-14(20-16(22)11-6-2-4-8-13(11)19)17(23)21-26(24,25)15-9-5-3-7-12(15)18/h2-10H,1H3,(H,21,23). The first-order chi connectivity index (χ1) is 12.3. The van der Waals surface area contributed by atoms with Crippen LogP contribution in [0.2, 0.25) is 5.02 Å². The molecule has 134 valence electrons. The summed E-state index contributed by atoms with van der Waals surface area (Å²) >= 11 is 9.34. The van der Waals surface area contributed by atoms with Crippen molar-refractivity contribution in [3.63, 3.8) is 0 Å². The van der Waals surface area contributed by atoms with Gasteiger partial charge in [-0.3, -0.25) is 4.79 Å².